The van der Waals surface area contributed by atoms with Crippen LogP contribution in [0, 0.1) is 6.92 Å². The highest BCUT2D eigenvalue weighted by Gasteiger charge is 2.35. The van der Waals surface area contributed by atoms with Gasteiger partial charge in [-0.1, -0.05) is 29.8 Å². The highest BCUT2D eigenvalue weighted by atomic mass is 35.5. The lowest BCUT2D eigenvalue weighted by Crippen LogP contribution is -3.13. The SMILES string of the molecule is CC[NH+](CCN1C(=O)c2ccccc2C1=O)CC(=O)Nc1cc(Cl)ccc1C. The predicted molar refractivity (Wildman–Crippen MR) is 108 cm³/mol. The number of quaternary nitrogens is 1. The fourth-order valence-electron chi connectivity index (χ4n) is 3.25. The Morgan fingerprint density at radius 3 is 2.36 bits per heavy atom. The number of fused-ring (bicyclic) bond motifs is 1. The maximum atomic E-state index is 12.4. The average Bonchev–Trinajstić information content (AvgIpc) is 2.92. The number of halogens is 1. The number of amides is 3. The number of benzene rings is 2. The molecule has 0 spiro atoms. The summed E-state index contributed by atoms with van der Waals surface area (Å²) in [6.45, 7) is 5.59. The van der Waals surface area contributed by atoms with Crippen molar-refractivity contribution in [3.8, 4) is 0 Å². The Hall–Kier alpha value is -2.70. The minimum Gasteiger partial charge on any atom is -0.326 e. The van der Waals surface area contributed by atoms with Crippen molar-refractivity contribution in [3.05, 3.63) is 64.2 Å². The molecule has 0 aromatic heterocycles. The molecule has 3 rings (SSSR count). The lowest BCUT2D eigenvalue weighted by molar-refractivity contribution is -0.889. The zero-order valence-corrected chi connectivity index (χ0v) is 16.7. The molecule has 3 amide bonds. The number of likely N-dealkylation sites (N-methyl/N-ethyl adjacent to an activating group) is 1. The first-order chi connectivity index (χ1) is 13.4. The van der Waals surface area contributed by atoms with Gasteiger partial charge in [-0.2, -0.15) is 0 Å². The number of nitrogens with zero attached hydrogens (tertiary/aromatic N) is 1. The van der Waals surface area contributed by atoms with Crippen LogP contribution in [0.5, 0.6) is 0 Å². The molecule has 1 aliphatic rings. The third-order valence-corrected chi connectivity index (χ3v) is 5.19. The van der Waals surface area contributed by atoms with E-state index in [1.807, 2.05) is 19.9 Å². The van der Waals surface area contributed by atoms with E-state index < -0.39 is 0 Å². The summed E-state index contributed by atoms with van der Waals surface area (Å²) in [5, 5.41) is 3.45. The summed E-state index contributed by atoms with van der Waals surface area (Å²) in [5.41, 5.74) is 2.51. The van der Waals surface area contributed by atoms with Gasteiger partial charge in [-0.3, -0.25) is 19.3 Å². The zero-order valence-electron chi connectivity index (χ0n) is 15.9. The van der Waals surface area contributed by atoms with Crippen molar-refractivity contribution in [3.63, 3.8) is 0 Å². The van der Waals surface area contributed by atoms with Crippen molar-refractivity contribution >= 4 is 35.0 Å². The van der Waals surface area contributed by atoms with E-state index in [1.54, 1.807) is 36.4 Å². The van der Waals surface area contributed by atoms with Crippen LogP contribution >= 0.6 is 11.6 Å². The monoisotopic (exact) mass is 400 g/mol. The summed E-state index contributed by atoms with van der Waals surface area (Å²) in [6.07, 6.45) is 0. The van der Waals surface area contributed by atoms with Gasteiger partial charge in [0.15, 0.2) is 6.54 Å². The normalized spacial score (nSPS) is 14.2. The van der Waals surface area contributed by atoms with Crippen molar-refractivity contribution in [1.29, 1.82) is 0 Å². The highest BCUT2D eigenvalue weighted by molar-refractivity contribution is 6.31. The smallest absolute Gasteiger partial charge is 0.279 e. The van der Waals surface area contributed by atoms with Crippen LogP contribution in [0.1, 0.15) is 33.2 Å². The Kier molecular flexibility index (Phi) is 6.11. The Morgan fingerprint density at radius 2 is 1.75 bits per heavy atom. The molecule has 2 N–H and O–H groups in total. The molecule has 7 heteroatoms. The van der Waals surface area contributed by atoms with Gasteiger partial charge in [0.2, 0.25) is 0 Å². The van der Waals surface area contributed by atoms with E-state index in [0.717, 1.165) is 10.5 Å². The second kappa shape index (κ2) is 8.54. The van der Waals surface area contributed by atoms with Crippen LogP contribution in [0.4, 0.5) is 5.69 Å². The van der Waals surface area contributed by atoms with E-state index in [4.69, 9.17) is 11.6 Å². The Labute approximate surface area is 169 Å². The Balaban J connectivity index is 1.58. The second-order valence-electron chi connectivity index (χ2n) is 6.85. The van der Waals surface area contributed by atoms with Gasteiger partial charge in [0.1, 0.15) is 0 Å². The van der Waals surface area contributed by atoms with Crippen LogP contribution in [-0.4, -0.2) is 48.8 Å². The van der Waals surface area contributed by atoms with E-state index in [-0.39, 0.29) is 30.8 Å². The van der Waals surface area contributed by atoms with Crippen LogP contribution in [0.15, 0.2) is 42.5 Å². The van der Waals surface area contributed by atoms with Crippen LogP contribution < -0.4 is 10.2 Å². The first kappa shape index (κ1) is 20.0. The quantitative estimate of drug-likeness (QED) is 0.696. The van der Waals surface area contributed by atoms with Crippen LogP contribution in [0.2, 0.25) is 5.02 Å². The van der Waals surface area contributed by atoms with Gasteiger partial charge >= 0.3 is 0 Å². The number of carbonyl (C=O) groups excluding carboxylic acids is 3. The molecule has 1 aliphatic heterocycles. The summed E-state index contributed by atoms with van der Waals surface area (Å²) in [7, 11) is 0. The van der Waals surface area contributed by atoms with Gasteiger partial charge in [-0.15, -0.1) is 0 Å². The van der Waals surface area contributed by atoms with E-state index >= 15 is 0 Å². The average molecular weight is 401 g/mol. The minimum absolute atomic E-state index is 0.135. The molecule has 146 valence electrons. The number of anilines is 1. The van der Waals surface area contributed by atoms with Gasteiger partial charge in [0.05, 0.1) is 30.8 Å². The maximum absolute atomic E-state index is 12.4. The van der Waals surface area contributed by atoms with E-state index in [2.05, 4.69) is 5.32 Å². The lowest BCUT2D eigenvalue weighted by atomic mass is 10.1. The number of aryl methyl sites for hydroxylation is 1. The maximum Gasteiger partial charge on any atom is 0.279 e. The molecule has 0 aliphatic carbocycles. The van der Waals surface area contributed by atoms with E-state index in [0.29, 0.717) is 34.9 Å². The van der Waals surface area contributed by atoms with Crippen LogP contribution in [0.3, 0.4) is 0 Å². The number of hydrogen-bond acceptors (Lipinski definition) is 3. The fraction of sp³-hybridized carbons (Fsp3) is 0.286. The molecule has 28 heavy (non-hydrogen) atoms. The first-order valence-corrected chi connectivity index (χ1v) is 9.63. The molecule has 0 bridgehead atoms. The third-order valence-electron chi connectivity index (χ3n) is 4.95. The number of hydrogen-bond donors (Lipinski definition) is 2. The summed E-state index contributed by atoms with van der Waals surface area (Å²) < 4.78 is 0. The molecule has 0 fully saturated rings. The molecule has 2 aromatic rings. The molecule has 2 aromatic carbocycles. The van der Waals surface area contributed by atoms with Crippen molar-refractivity contribution < 1.29 is 19.3 Å². The van der Waals surface area contributed by atoms with Crippen molar-refractivity contribution in [2.45, 2.75) is 13.8 Å². The predicted octanol–water partition coefficient (Wildman–Crippen LogP) is 1.79. The van der Waals surface area contributed by atoms with E-state index in [9.17, 15) is 14.4 Å². The minimum atomic E-state index is -0.268. The summed E-state index contributed by atoms with van der Waals surface area (Å²) >= 11 is 6.00. The molecule has 1 unspecified atom stereocenters. The molecule has 0 saturated carbocycles. The summed E-state index contributed by atoms with van der Waals surface area (Å²) in [4.78, 5) is 39.6. The topological polar surface area (TPSA) is 70.9 Å². The molecule has 1 atom stereocenters. The fourth-order valence-corrected chi connectivity index (χ4v) is 3.42. The molecular weight excluding hydrogens is 378 g/mol. The third kappa shape index (κ3) is 4.24. The number of rotatable bonds is 7. The molecule has 0 saturated heterocycles. The van der Waals surface area contributed by atoms with Crippen molar-refractivity contribution in [2.75, 3.05) is 31.5 Å². The van der Waals surface area contributed by atoms with Gasteiger partial charge in [-0.25, -0.2) is 0 Å². The van der Waals surface area contributed by atoms with E-state index in [1.165, 1.54) is 4.90 Å². The van der Waals surface area contributed by atoms with Crippen molar-refractivity contribution in [2.24, 2.45) is 0 Å². The first-order valence-electron chi connectivity index (χ1n) is 9.25. The van der Waals surface area contributed by atoms with Crippen molar-refractivity contribution in [1.82, 2.24) is 4.90 Å². The van der Waals surface area contributed by atoms with Crippen LogP contribution in [-0.2, 0) is 4.79 Å². The van der Waals surface area contributed by atoms with Crippen LogP contribution in [0.25, 0.3) is 0 Å². The molecular formula is C21H23ClN3O3+. The van der Waals surface area contributed by atoms with Gasteiger partial charge in [0, 0.05) is 10.7 Å². The number of imide groups is 1. The molecule has 0 radical (unpaired) electrons. The Bertz CT molecular complexity index is 894. The van der Waals surface area contributed by atoms with Gasteiger partial charge in [-0.05, 0) is 43.7 Å². The molecule has 6 nitrogen and oxygen atoms in total. The zero-order chi connectivity index (χ0) is 20.3. The standard InChI is InChI=1S/C21H22ClN3O3/c1-3-24(13-19(26)23-18-12-15(22)9-8-14(18)2)10-11-25-20(27)16-6-4-5-7-17(16)21(25)28/h4-9,12H,3,10-11,13H2,1-2H3,(H,23,26)/p+1. The van der Waals surface area contributed by atoms with Gasteiger partial charge < -0.3 is 10.2 Å². The largest absolute Gasteiger partial charge is 0.326 e. The second-order valence-corrected chi connectivity index (χ2v) is 7.28. The summed E-state index contributed by atoms with van der Waals surface area (Å²) in [6, 6.07) is 12.2. The number of carbonyl (C=O) groups is 3. The molecule has 1 heterocycles. The number of nitrogens with one attached hydrogen (secondary N) is 2. The Morgan fingerprint density at radius 1 is 1.11 bits per heavy atom. The summed E-state index contributed by atoms with van der Waals surface area (Å²) in [5.74, 6) is -0.672. The lowest BCUT2D eigenvalue weighted by Gasteiger charge is -2.20. The van der Waals surface area contributed by atoms with Gasteiger partial charge in [0.25, 0.3) is 17.7 Å². The highest BCUT2D eigenvalue weighted by Crippen LogP contribution is 2.22.